The second-order valence-electron chi connectivity index (χ2n) is 3.70. The minimum absolute atomic E-state index is 0.183. The van der Waals surface area contributed by atoms with E-state index in [1.165, 1.54) is 0 Å². The molecule has 2 rings (SSSR count). The molecule has 2 heteroatoms. The Morgan fingerprint density at radius 1 is 0.812 bits per heavy atom. The second kappa shape index (κ2) is 4.90. The van der Waals surface area contributed by atoms with Gasteiger partial charge in [0.1, 0.15) is 0 Å². The third-order valence-corrected chi connectivity index (χ3v) is 5.31. The highest BCUT2D eigenvalue weighted by Gasteiger charge is 2.19. The summed E-state index contributed by atoms with van der Waals surface area (Å²) in [6.45, 7) is 3.50. The number of hydrogen-bond donors (Lipinski definition) is 0. The molecule has 2 aromatic carbocycles. The molecule has 0 atom stereocenters. The predicted molar refractivity (Wildman–Crippen MR) is 69.5 cm³/mol. The van der Waals surface area contributed by atoms with Crippen LogP contribution in [0.4, 0.5) is 4.39 Å². The van der Waals surface area contributed by atoms with Gasteiger partial charge in [0.05, 0.1) is 5.45 Å². The lowest BCUT2D eigenvalue weighted by Gasteiger charge is -2.13. The van der Waals surface area contributed by atoms with Crippen molar-refractivity contribution in [1.82, 2.24) is 0 Å². The van der Waals surface area contributed by atoms with Gasteiger partial charge in [-0.05, 0) is 0 Å². The third kappa shape index (κ3) is 2.28. The molecule has 0 aliphatic rings. The van der Waals surface area contributed by atoms with Gasteiger partial charge in [-0.3, -0.25) is 0 Å². The second-order valence-corrected chi connectivity index (χ2v) is 6.53. The van der Waals surface area contributed by atoms with E-state index in [1.54, 1.807) is 0 Å². The Morgan fingerprint density at radius 3 is 1.50 bits per heavy atom. The van der Waals surface area contributed by atoms with E-state index in [0.717, 1.165) is 10.4 Å². The summed E-state index contributed by atoms with van der Waals surface area (Å²) in [6.07, 6.45) is 0. The van der Waals surface area contributed by atoms with Crippen LogP contribution < -0.4 is 10.4 Å². The Hall–Kier alpha value is -1.67. The first kappa shape index (κ1) is 10.8. The van der Waals surface area contributed by atoms with Crippen molar-refractivity contribution < 1.29 is 4.39 Å². The summed E-state index contributed by atoms with van der Waals surface area (Å²) in [5, 5.41) is 2.14. The van der Waals surface area contributed by atoms with Gasteiger partial charge >= 0.3 is 0 Å². The van der Waals surface area contributed by atoms with E-state index in [4.69, 9.17) is 0 Å². The quantitative estimate of drug-likeness (QED) is 0.705. The zero-order valence-electron chi connectivity index (χ0n) is 8.94. The van der Waals surface area contributed by atoms with Crippen molar-refractivity contribution in [2.75, 3.05) is 0 Å². The zero-order chi connectivity index (χ0) is 11.4. The molecule has 0 fully saturated rings. The average Bonchev–Trinajstić information content (AvgIpc) is 2.31. The Morgan fingerprint density at radius 2 is 1.19 bits per heavy atom. The molecule has 0 spiro atoms. The summed E-state index contributed by atoms with van der Waals surface area (Å²) in [6, 6.07) is 19.6. The van der Waals surface area contributed by atoms with Crippen molar-refractivity contribution in [2.24, 2.45) is 0 Å². The molecule has 0 radical (unpaired) electrons. The van der Waals surface area contributed by atoms with Crippen LogP contribution in [0.3, 0.4) is 0 Å². The fraction of sp³-hybridized carbons (Fsp3) is 0. The molecular weight excluding hydrogens is 215 g/mol. The summed E-state index contributed by atoms with van der Waals surface area (Å²) in [5.41, 5.74) is -0.183. The summed E-state index contributed by atoms with van der Waals surface area (Å²) >= 11 is 0. The Labute approximate surface area is 96.7 Å². The molecule has 0 saturated carbocycles. The first-order valence-corrected chi connectivity index (χ1v) is 6.96. The lowest BCUT2D eigenvalue weighted by molar-refractivity contribution is 0.694. The van der Waals surface area contributed by atoms with Gasteiger partial charge in [-0.2, -0.15) is 0 Å². The van der Waals surface area contributed by atoms with Crippen molar-refractivity contribution in [3.05, 3.63) is 72.7 Å². The minimum atomic E-state index is -1.88. The van der Waals surface area contributed by atoms with Crippen molar-refractivity contribution in [3.8, 4) is 0 Å². The molecule has 0 bridgehead atoms. The van der Waals surface area contributed by atoms with Crippen molar-refractivity contribution in [1.29, 1.82) is 0 Å². The van der Waals surface area contributed by atoms with Crippen molar-refractivity contribution >= 4 is 19.2 Å². The maximum Gasteiger partial charge on any atom is 0.167 e. The molecule has 0 nitrogen and oxygen atoms in total. The molecule has 2 aromatic rings. The van der Waals surface area contributed by atoms with Crippen LogP contribution in [0, 0.1) is 0 Å². The van der Waals surface area contributed by atoms with Crippen molar-refractivity contribution in [2.45, 2.75) is 0 Å². The van der Waals surface area contributed by atoms with Gasteiger partial charge in [0.2, 0.25) is 0 Å². The zero-order valence-corrected chi connectivity index (χ0v) is 10.1. The number of benzene rings is 2. The Balaban J connectivity index is 2.44. The van der Waals surface area contributed by atoms with Crippen LogP contribution in [0.2, 0.25) is 0 Å². The van der Waals surface area contributed by atoms with Gasteiger partial charge in [0, 0.05) is 0 Å². The third-order valence-electron chi connectivity index (χ3n) is 2.58. The molecule has 0 N–H and O–H groups in total. The maximum absolute atomic E-state index is 13.6. The number of hydrogen-bond acceptors (Lipinski definition) is 0. The highest BCUT2D eigenvalue weighted by molar-refractivity contribution is 6.90. The smallest absolute Gasteiger partial charge is 0.167 e. The van der Waals surface area contributed by atoms with Gasteiger partial charge < -0.3 is 0 Å². The summed E-state index contributed by atoms with van der Waals surface area (Å²) in [7, 11) is -1.88. The highest BCUT2D eigenvalue weighted by atomic mass is 28.3. The van der Waals surface area contributed by atoms with Crippen LogP contribution in [0.1, 0.15) is 0 Å². The van der Waals surface area contributed by atoms with E-state index in [0.29, 0.717) is 0 Å². The first-order chi connectivity index (χ1) is 7.79. The van der Waals surface area contributed by atoms with Crippen LogP contribution in [0.5, 0.6) is 0 Å². The van der Waals surface area contributed by atoms with Gasteiger partial charge in [0.25, 0.3) is 0 Å². The van der Waals surface area contributed by atoms with Crippen LogP contribution in [-0.2, 0) is 0 Å². The van der Waals surface area contributed by atoms with Crippen LogP contribution >= 0.6 is 0 Å². The van der Waals surface area contributed by atoms with Gasteiger partial charge in [-0.15, -0.1) is 0 Å². The van der Waals surface area contributed by atoms with E-state index in [-0.39, 0.29) is 5.45 Å². The molecule has 0 aliphatic heterocycles. The molecule has 0 unspecified atom stereocenters. The Kier molecular flexibility index (Phi) is 3.32. The van der Waals surface area contributed by atoms with E-state index in [9.17, 15) is 4.39 Å². The topological polar surface area (TPSA) is 0 Å². The van der Waals surface area contributed by atoms with Gasteiger partial charge in [-0.25, -0.2) is 4.39 Å². The standard InChI is InChI=1S/C14H13FSi/c1-12(15)16(13-8-4-2-5-9-13)14-10-6-3-7-11-14/h2-11,16H,1H2. The number of rotatable bonds is 3. The molecular formula is C14H13FSi. The van der Waals surface area contributed by atoms with Crippen molar-refractivity contribution in [3.63, 3.8) is 0 Å². The van der Waals surface area contributed by atoms with Crippen LogP contribution in [0.25, 0.3) is 0 Å². The molecule has 0 amide bonds. The molecule has 0 aliphatic carbocycles. The lowest BCUT2D eigenvalue weighted by Crippen LogP contribution is -2.42. The highest BCUT2D eigenvalue weighted by Crippen LogP contribution is 2.02. The molecule has 0 aromatic heterocycles. The monoisotopic (exact) mass is 228 g/mol. The molecule has 0 heterocycles. The van der Waals surface area contributed by atoms with Gasteiger partial charge in [-0.1, -0.05) is 77.6 Å². The Bertz CT molecular complexity index is 425. The average molecular weight is 228 g/mol. The van der Waals surface area contributed by atoms with E-state index < -0.39 is 8.80 Å². The van der Waals surface area contributed by atoms with Crippen LogP contribution in [-0.4, -0.2) is 8.80 Å². The number of halogens is 1. The van der Waals surface area contributed by atoms with E-state index in [2.05, 4.69) is 6.58 Å². The first-order valence-electron chi connectivity index (χ1n) is 5.23. The fourth-order valence-electron chi connectivity index (χ4n) is 1.85. The predicted octanol–water partition coefficient (Wildman–Crippen LogP) is 2.05. The fourth-order valence-corrected chi connectivity index (χ4v) is 4.17. The normalized spacial score (nSPS) is 10.4. The lowest BCUT2D eigenvalue weighted by atomic mass is 10.4. The molecule has 16 heavy (non-hydrogen) atoms. The van der Waals surface area contributed by atoms with Gasteiger partial charge in [0.15, 0.2) is 8.80 Å². The van der Waals surface area contributed by atoms with E-state index in [1.807, 2.05) is 60.7 Å². The van der Waals surface area contributed by atoms with E-state index >= 15 is 0 Å². The maximum atomic E-state index is 13.6. The summed E-state index contributed by atoms with van der Waals surface area (Å²) in [4.78, 5) is 0. The summed E-state index contributed by atoms with van der Waals surface area (Å²) in [5.74, 6) is 0. The molecule has 80 valence electrons. The van der Waals surface area contributed by atoms with Crippen LogP contribution in [0.15, 0.2) is 72.7 Å². The minimum Gasteiger partial charge on any atom is -0.217 e. The SMILES string of the molecule is C=C(F)[SiH](c1ccccc1)c1ccccc1. The molecule has 0 saturated heterocycles. The summed E-state index contributed by atoms with van der Waals surface area (Å²) < 4.78 is 13.6. The largest absolute Gasteiger partial charge is 0.217 e.